The predicted molar refractivity (Wildman–Crippen MR) is 92.7 cm³/mol. The monoisotopic (exact) mass is 300 g/mol. The van der Waals surface area contributed by atoms with Gasteiger partial charge in [-0.25, -0.2) is 0 Å². The summed E-state index contributed by atoms with van der Waals surface area (Å²) in [6.07, 6.45) is 0. The minimum Gasteiger partial charge on any atom is -0.122 e. The third-order valence-electron chi connectivity index (χ3n) is 3.13. The fourth-order valence-electron chi connectivity index (χ4n) is 1.66. The molecule has 0 aliphatic heterocycles. The molecule has 20 heavy (non-hydrogen) atoms. The van der Waals surface area contributed by atoms with E-state index in [1.54, 1.807) is 0 Å². The van der Waals surface area contributed by atoms with Crippen molar-refractivity contribution < 1.29 is 0 Å². The third-order valence-corrected chi connectivity index (χ3v) is 5.49. The summed E-state index contributed by atoms with van der Waals surface area (Å²) in [5.41, 5.74) is 2.98. The Morgan fingerprint density at radius 1 is 0.650 bits per heavy atom. The van der Waals surface area contributed by atoms with Crippen LogP contribution >= 0.6 is 23.5 Å². The van der Waals surface area contributed by atoms with Gasteiger partial charge in [-0.15, -0.1) is 23.5 Å². The van der Waals surface area contributed by atoms with Crippen LogP contribution in [-0.4, -0.2) is 11.5 Å². The molecule has 0 heterocycles. The molecule has 0 radical (unpaired) electrons. The smallest absolute Gasteiger partial charge is 0.0190 e. The SMILES string of the molecule is C/C(CSc1ccccc1)=C(/C)CSc1ccccc1. The molecular formula is C18H20S2. The van der Waals surface area contributed by atoms with Crippen molar-refractivity contribution in [2.45, 2.75) is 23.6 Å². The molecule has 0 N–H and O–H groups in total. The summed E-state index contributed by atoms with van der Waals surface area (Å²) < 4.78 is 0. The van der Waals surface area contributed by atoms with Crippen molar-refractivity contribution in [3.63, 3.8) is 0 Å². The first-order valence-electron chi connectivity index (χ1n) is 6.76. The van der Waals surface area contributed by atoms with Gasteiger partial charge in [0.2, 0.25) is 0 Å². The van der Waals surface area contributed by atoms with E-state index >= 15 is 0 Å². The number of hydrogen-bond donors (Lipinski definition) is 0. The minimum atomic E-state index is 1.07. The van der Waals surface area contributed by atoms with Crippen LogP contribution in [-0.2, 0) is 0 Å². The zero-order valence-corrected chi connectivity index (χ0v) is 13.6. The van der Waals surface area contributed by atoms with Gasteiger partial charge in [0.05, 0.1) is 0 Å². The molecule has 2 rings (SSSR count). The zero-order valence-electron chi connectivity index (χ0n) is 12.0. The molecule has 0 aliphatic rings. The molecule has 0 atom stereocenters. The molecule has 104 valence electrons. The van der Waals surface area contributed by atoms with Gasteiger partial charge < -0.3 is 0 Å². The predicted octanol–water partition coefficient (Wildman–Crippen LogP) is 5.91. The second-order valence-electron chi connectivity index (χ2n) is 4.76. The van der Waals surface area contributed by atoms with Gasteiger partial charge in [0.15, 0.2) is 0 Å². The van der Waals surface area contributed by atoms with Crippen LogP contribution in [0.5, 0.6) is 0 Å². The van der Waals surface area contributed by atoms with E-state index in [0.717, 1.165) is 11.5 Å². The van der Waals surface area contributed by atoms with E-state index in [2.05, 4.69) is 74.5 Å². The van der Waals surface area contributed by atoms with Gasteiger partial charge in [-0.05, 0) is 38.1 Å². The topological polar surface area (TPSA) is 0 Å². The first-order chi connectivity index (χ1) is 9.75. The zero-order chi connectivity index (χ0) is 14.2. The average Bonchev–Trinajstić information content (AvgIpc) is 2.52. The molecule has 0 nitrogen and oxygen atoms in total. The van der Waals surface area contributed by atoms with Crippen LogP contribution in [0.15, 0.2) is 81.6 Å². The van der Waals surface area contributed by atoms with E-state index in [1.807, 2.05) is 23.5 Å². The summed E-state index contributed by atoms with van der Waals surface area (Å²) in [5.74, 6) is 2.15. The molecule has 0 fully saturated rings. The lowest BCUT2D eigenvalue weighted by atomic mass is 10.2. The van der Waals surface area contributed by atoms with Crippen molar-refractivity contribution in [3.8, 4) is 0 Å². The van der Waals surface area contributed by atoms with E-state index in [1.165, 1.54) is 20.9 Å². The Labute approximate surface area is 130 Å². The molecule has 0 spiro atoms. The molecule has 0 unspecified atom stereocenters. The largest absolute Gasteiger partial charge is 0.122 e. The molecule has 0 saturated carbocycles. The van der Waals surface area contributed by atoms with Gasteiger partial charge in [0.25, 0.3) is 0 Å². The molecule has 2 aromatic rings. The van der Waals surface area contributed by atoms with Gasteiger partial charge >= 0.3 is 0 Å². The summed E-state index contributed by atoms with van der Waals surface area (Å²) in [7, 11) is 0. The molecule has 0 amide bonds. The van der Waals surface area contributed by atoms with Crippen LogP contribution in [0.4, 0.5) is 0 Å². The average molecular weight is 300 g/mol. The van der Waals surface area contributed by atoms with Crippen molar-refractivity contribution >= 4 is 23.5 Å². The number of rotatable bonds is 6. The highest BCUT2D eigenvalue weighted by atomic mass is 32.2. The Morgan fingerprint density at radius 3 is 1.35 bits per heavy atom. The number of benzene rings is 2. The molecular weight excluding hydrogens is 280 g/mol. The van der Waals surface area contributed by atoms with E-state index in [0.29, 0.717) is 0 Å². The van der Waals surface area contributed by atoms with Gasteiger partial charge in [-0.2, -0.15) is 0 Å². The van der Waals surface area contributed by atoms with Gasteiger partial charge in [-0.3, -0.25) is 0 Å². The van der Waals surface area contributed by atoms with Crippen LogP contribution in [0.2, 0.25) is 0 Å². The van der Waals surface area contributed by atoms with Crippen LogP contribution in [0.1, 0.15) is 13.8 Å². The highest BCUT2D eigenvalue weighted by molar-refractivity contribution is 7.99. The van der Waals surface area contributed by atoms with E-state index in [4.69, 9.17) is 0 Å². The van der Waals surface area contributed by atoms with Crippen LogP contribution < -0.4 is 0 Å². The van der Waals surface area contributed by atoms with Crippen molar-refractivity contribution in [3.05, 3.63) is 71.8 Å². The molecule has 2 heteroatoms. The first-order valence-corrected chi connectivity index (χ1v) is 8.74. The quantitative estimate of drug-likeness (QED) is 0.480. The van der Waals surface area contributed by atoms with E-state index in [-0.39, 0.29) is 0 Å². The Balaban J connectivity index is 1.84. The first kappa shape index (κ1) is 15.3. The van der Waals surface area contributed by atoms with Crippen molar-refractivity contribution in [1.29, 1.82) is 0 Å². The van der Waals surface area contributed by atoms with Crippen LogP contribution in [0, 0.1) is 0 Å². The summed E-state index contributed by atoms with van der Waals surface area (Å²) in [4.78, 5) is 2.69. The Hall–Kier alpha value is -1.12. The van der Waals surface area contributed by atoms with Crippen molar-refractivity contribution in [1.82, 2.24) is 0 Å². The lowest BCUT2D eigenvalue weighted by Crippen LogP contribution is -1.91. The lowest BCUT2D eigenvalue weighted by molar-refractivity contribution is 1.24. The summed E-state index contributed by atoms with van der Waals surface area (Å²) in [6, 6.07) is 21.2. The summed E-state index contributed by atoms with van der Waals surface area (Å²) in [5, 5.41) is 0. The Bertz CT molecular complexity index is 493. The Kier molecular flexibility index (Phi) is 6.28. The number of thioether (sulfide) groups is 2. The third kappa shape index (κ3) is 5.10. The highest BCUT2D eigenvalue weighted by Crippen LogP contribution is 2.25. The molecule has 2 aromatic carbocycles. The van der Waals surface area contributed by atoms with Gasteiger partial charge in [0.1, 0.15) is 0 Å². The minimum absolute atomic E-state index is 1.07. The summed E-state index contributed by atoms with van der Waals surface area (Å²) in [6.45, 7) is 4.49. The lowest BCUT2D eigenvalue weighted by Gasteiger charge is -2.08. The van der Waals surface area contributed by atoms with E-state index in [9.17, 15) is 0 Å². The van der Waals surface area contributed by atoms with Crippen LogP contribution in [0.3, 0.4) is 0 Å². The maximum atomic E-state index is 2.25. The maximum Gasteiger partial charge on any atom is 0.0190 e. The molecule has 0 bridgehead atoms. The fraction of sp³-hybridized carbons (Fsp3) is 0.222. The second-order valence-corrected chi connectivity index (χ2v) is 6.86. The Morgan fingerprint density at radius 2 is 1.00 bits per heavy atom. The van der Waals surface area contributed by atoms with E-state index < -0.39 is 0 Å². The molecule has 0 saturated heterocycles. The van der Waals surface area contributed by atoms with Crippen molar-refractivity contribution in [2.24, 2.45) is 0 Å². The summed E-state index contributed by atoms with van der Waals surface area (Å²) >= 11 is 3.82. The fourth-order valence-corrected chi connectivity index (χ4v) is 3.62. The van der Waals surface area contributed by atoms with Gasteiger partial charge in [-0.1, -0.05) is 47.5 Å². The number of hydrogen-bond acceptors (Lipinski definition) is 2. The second kappa shape index (κ2) is 8.23. The van der Waals surface area contributed by atoms with Crippen molar-refractivity contribution in [2.75, 3.05) is 11.5 Å². The normalized spacial score (nSPS) is 12.1. The van der Waals surface area contributed by atoms with Crippen LogP contribution in [0.25, 0.3) is 0 Å². The maximum absolute atomic E-state index is 2.25. The molecule has 0 aromatic heterocycles. The molecule has 0 aliphatic carbocycles. The standard InChI is InChI=1S/C18H20S2/c1-15(13-19-17-9-5-3-6-10-17)16(2)14-20-18-11-7-4-8-12-18/h3-12H,13-14H2,1-2H3/b16-15+. The van der Waals surface area contributed by atoms with Gasteiger partial charge in [0, 0.05) is 21.3 Å². The highest BCUT2D eigenvalue weighted by Gasteiger charge is 2.01.